The number of esters is 1. The van der Waals surface area contributed by atoms with Gasteiger partial charge >= 0.3 is 5.97 Å². The number of anilines is 2. The van der Waals surface area contributed by atoms with Crippen molar-refractivity contribution in [3.8, 4) is 0 Å². The van der Waals surface area contributed by atoms with Crippen LogP contribution in [0.25, 0.3) is 0 Å². The van der Waals surface area contributed by atoms with Gasteiger partial charge in [-0.15, -0.1) is 13.2 Å². The first-order chi connectivity index (χ1) is 24.2. The fraction of sp³-hybridized carbons (Fsp3) is 0.487. The number of likely N-dealkylation sites (tertiary alicyclic amines) is 1. The predicted molar refractivity (Wildman–Crippen MR) is 191 cm³/mol. The summed E-state index contributed by atoms with van der Waals surface area (Å²) in [6.07, 6.45) is 4.60. The summed E-state index contributed by atoms with van der Waals surface area (Å²) in [4.78, 5) is 61.1. The Labute approximate surface area is 294 Å². The quantitative estimate of drug-likeness (QED) is 0.177. The lowest BCUT2D eigenvalue weighted by atomic mass is 9.70. The highest BCUT2D eigenvalue weighted by molar-refractivity contribution is 6.05. The topological polar surface area (TPSA) is 129 Å². The maximum absolute atomic E-state index is 14.8. The van der Waals surface area contributed by atoms with Crippen LogP contribution in [0.2, 0.25) is 0 Å². The van der Waals surface area contributed by atoms with Crippen molar-refractivity contribution in [3.05, 3.63) is 85.5 Å². The molecule has 50 heavy (non-hydrogen) atoms. The standard InChI is InChI=1S/C39H50N4O7/c1-5-9-16-32(45)49-26-30(27-14-11-10-12-15-27)40-36(46)33-31-21-22-39(50-31)34(33)37(47)43(24-13-25-44)35(39)38(48)42(23-6-2)29-19-17-28(18-20-29)41(7-3)8-4/h5-6,10-12,14-15,17-20,30-31,33-35,44H,1-2,7-9,13,16,21-26H2,3-4H3,(H,40,46)/t30-,31-,33+,34+,35-,39+/m0/s1. The van der Waals surface area contributed by atoms with Crippen molar-refractivity contribution >= 4 is 35.1 Å². The summed E-state index contributed by atoms with van der Waals surface area (Å²) in [5.74, 6) is -3.19. The van der Waals surface area contributed by atoms with Crippen LogP contribution in [0.5, 0.6) is 0 Å². The smallest absolute Gasteiger partial charge is 0.306 e. The molecule has 0 saturated carbocycles. The normalized spacial score (nSPS) is 24.0. The number of benzene rings is 2. The number of rotatable bonds is 18. The molecule has 6 atom stereocenters. The molecule has 3 heterocycles. The van der Waals surface area contributed by atoms with Crippen molar-refractivity contribution in [1.29, 1.82) is 0 Å². The lowest BCUT2D eigenvalue weighted by Crippen LogP contribution is -2.56. The molecule has 3 amide bonds. The molecule has 3 aliphatic rings. The number of aliphatic hydroxyl groups excluding tert-OH is 1. The summed E-state index contributed by atoms with van der Waals surface area (Å²) < 4.78 is 12.2. The summed E-state index contributed by atoms with van der Waals surface area (Å²) in [5, 5.41) is 12.8. The Morgan fingerprint density at radius 1 is 1.08 bits per heavy atom. The first-order valence-corrected chi connectivity index (χ1v) is 17.7. The van der Waals surface area contributed by atoms with Crippen molar-refractivity contribution < 1.29 is 33.8 Å². The van der Waals surface area contributed by atoms with E-state index in [1.165, 1.54) is 4.90 Å². The van der Waals surface area contributed by atoms with Crippen LogP contribution in [0.1, 0.15) is 57.6 Å². The summed E-state index contributed by atoms with van der Waals surface area (Å²) in [5.41, 5.74) is 1.24. The fourth-order valence-corrected chi connectivity index (χ4v) is 7.89. The minimum atomic E-state index is -1.21. The Kier molecular flexibility index (Phi) is 12.1. The molecule has 2 bridgehead atoms. The number of amides is 3. The highest BCUT2D eigenvalue weighted by Crippen LogP contribution is 2.58. The lowest BCUT2D eigenvalue weighted by molar-refractivity contribution is -0.146. The average Bonchev–Trinajstić information content (AvgIpc) is 3.78. The Bertz CT molecular complexity index is 1530. The maximum Gasteiger partial charge on any atom is 0.306 e. The Balaban J connectivity index is 1.44. The van der Waals surface area contributed by atoms with Gasteiger partial charge in [0, 0.05) is 50.6 Å². The van der Waals surface area contributed by atoms with Crippen LogP contribution in [0.4, 0.5) is 11.4 Å². The Hall–Kier alpha value is -4.48. The molecule has 1 spiro atoms. The van der Waals surface area contributed by atoms with Crippen molar-refractivity contribution in [2.45, 2.75) is 69.7 Å². The van der Waals surface area contributed by atoms with Crippen LogP contribution < -0.4 is 15.1 Å². The van der Waals surface area contributed by atoms with E-state index in [0.717, 1.165) is 24.3 Å². The van der Waals surface area contributed by atoms with Gasteiger partial charge in [-0.25, -0.2) is 0 Å². The van der Waals surface area contributed by atoms with Gasteiger partial charge in [-0.3, -0.25) is 19.2 Å². The van der Waals surface area contributed by atoms with Crippen molar-refractivity contribution in [2.75, 3.05) is 49.2 Å². The zero-order valence-corrected chi connectivity index (χ0v) is 29.2. The molecular weight excluding hydrogens is 636 g/mol. The third kappa shape index (κ3) is 7.20. The summed E-state index contributed by atoms with van der Waals surface area (Å²) in [7, 11) is 0. The van der Waals surface area contributed by atoms with Gasteiger partial charge in [0.1, 0.15) is 18.2 Å². The number of allylic oxidation sites excluding steroid dienone is 1. The highest BCUT2D eigenvalue weighted by Gasteiger charge is 2.74. The molecule has 0 aliphatic carbocycles. The number of nitrogens with zero attached hydrogens (tertiary/aromatic N) is 3. The SMILES string of the molecule is C=CCCC(=O)OC[C@H](NC(=O)[C@@H]1[C@@H]2CC[C@]3(O2)[C@H](C(=O)N(CC=C)c2ccc(N(CC)CC)cc2)N(CCCO)C(=O)[C@@H]13)c1ccccc1. The molecule has 268 valence electrons. The van der Waals surface area contributed by atoms with Gasteiger partial charge in [-0.1, -0.05) is 42.5 Å². The highest BCUT2D eigenvalue weighted by atomic mass is 16.5. The van der Waals surface area contributed by atoms with Gasteiger partial charge in [0.05, 0.1) is 24.0 Å². The molecule has 2 aromatic carbocycles. The van der Waals surface area contributed by atoms with Gasteiger partial charge in [0.25, 0.3) is 5.91 Å². The molecule has 11 nitrogen and oxygen atoms in total. The third-order valence-electron chi connectivity index (χ3n) is 10.2. The zero-order chi connectivity index (χ0) is 35.8. The van der Waals surface area contributed by atoms with Crippen molar-refractivity contribution in [1.82, 2.24) is 10.2 Å². The van der Waals surface area contributed by atoms with Crippen LogP contribution >= 0.6 is 0 Å². The van der Waals surface area contributed by atoms with Gasteiger partial charge < -0.3 is 34.6 Å². The second-order valence-corrected chi connectivity index (χ2v) is 13.1. The van der Waals surface area contributed by atoms with E-state index in [4.69, 9.17) is 9.47 Å². The van der Waals surface area contributed by atoms with Gasteiger partial charge in [-0.2, -0.15) is 0 Å². The number of ether oxygens (including phenoxy) is 2. The van der Waals surface area contributed by atoms with Gasteiger partial charge in [-0.05, 0) is 69.4 Å². The van der Waals surface area contributed by atoms with Crippen LogP contribution in [-0.4, -0.2) is 90.8 Å². The van der Waals surface area contributed by atoms with E-state index in [1.807, 2.05) is 54.6 Å². The first kappa shape index (κ1) is 36.8. The minimum absolute atomic E-state index is 0.0823. The molecular formula is C39H50N4O7. The largest absolute Gasteiger partial charge is 0.463 e. The molecule has 2 N–H and O–H groups in total. The summed E-state index contributed by atoms with van der Waals surface area (Å²) in [6, 6.07) is 15.3. The van der Waals surface area contributed by atoms with Gasteiger partial charge in [0.2, 0.25) is 11.8 Å². The van der Waals surface area contributed by atoms with Crippen molar-refractivity contribution in [3.63, 3.8) is 0 Å². The van der Waals surface area contributed by atoms with Crippen LogP contribution in [-0.2, 0) is 28.7 Å². The van der Waals surface area contributed by atoms with E-state index < -0.39 is 47.5 Å². The Morgan fingerprint density at radius 3 is 2.42 bits per heavy atom. The van der Waals surface area contributed by atoms with Crippen molar-refractivity contribution in [2.24, 2.45) is 11.8 Å². The molecule has 0 aromatic heterocycles. The maximum atomic E-state index is 14.8. The second kappa shape index (κ2) is 16.5. The zero-order valence-electron chi connectivity index (χ0n) is 29.2. The molecule has 11 heteroatoms. The third-order valence-corrected chi connectivity index (χ3v) is 10.2. The molecule has 0 unspecified atom stereocenters. The lowest BCUT2D eigenvalue weighted by Gasteiger charge is -2.37. The number of carbonyl (C=O) groups is 4. The molecule has 5 rings (SSSR count). The summed E-state index contributed by atoms with van der Waals surface area (Å²) in [6.45, 7) is 13.5. The predicted octanol–water partition coefficient (Wildman–Crippen LogP) is 4.18. The van der Waals surface area contributed by atoms with Crippen LogP contribution in [0, 0.1) is 11.8 Å². The van der Waals surface area contributed by atoms with E-state index in [-0.39, 0.29) is 51.0 Å². The number of aliphatic hydroxyl groups is 1. The van der Waals surface area contributed by atoms with Crippen LogP contribution in [0.3, 0.4) is 0 Å². The molecule has 2 aromatic rings. The molecule has 3 fully saturated rings. The van der Waals surface area contributed by atoms with E-state index in [2.05, 4.69) is 37.2 Å². The number of fused-ring (bicyclic) bond motifs is 1. The summed E-state index contributed by atoms with van der Waals surface area (Å²) >= 11 is 0. The Morgan fingerprint density at radius 2 is 1.78 bits per heavy atom. The second-order valence-electron chi connectivity index (χ2n) is 13.1. The van der Waals surface area contributed by atoms with E-state index in [1.54, 1.807) is 17.1 Å². The number of nitrogens with one attached hydrogen (secondary N) is 1. The van der Waals surface area contributed by atoms with E-state index >= 15 is 0 Å². The average molecular weight is 687 g/mol. The van der Waals surface area contributed by atoms with Crippen LogP contribution in [0.15, 0.2) is 79.9 Å². The molecule has 3 saturated heterocycles. The first-order valence-electron chi connectivity index (χ1n) is 17.7. The fourth-order valence-electron chi connectivity index (χ4n) is 7.89. The van der Waals surface area contributed by atoms with Gasteiger partial charge in [0.15, 0.2) is 0 Å². The number of hydrogen-bond acceptors (Lipinski definition) is 8. The van der Waals surface area contributed by atoms with E-state index in [0.29, 0.717) is 24.9 Å². The number of hydrogen-bond donors (Lipinski definition) is 2. The number of carbonyl (C=O) groups excluding carboxylic acids is 4. The molecule has 3 aliphatic heterocycles. The minimum Gasteiger partial charge on any atom is -0.463 e. The van der Waals surface area contributed by atoms with E-state index in [9.17, 15) is 24.3 Å². The molecule has 0 radical (unpaired) electrons. The monoisotopic (exact) mass is 686 g/mol.